The number of sulfonamides is 1. The van der Waals surface area contributed by atoms with Crippen LogP contribution in [0.25, 0.3) is 0 Å². The number of ether oxygens (including phenoxy) is 2. The van der Waals surface area contributed by atoms with E-state index in [0.717, 1.165) is 6.07 Å². The number of thiocarbonyl (C=S) groups is 1. The summed E-state index contributed by atoms with van der Waals surface area (Å²) < 4.78 is 78.8. The Morgan fingerprint density at radius 2 is 1.63 bits per heavy atom. The second-order valence-electron chi connectivity index (χ2n) is 7.92. The monoisotopic (exact) mass is 566 g/mol. The average Bonchev–Trinajstić information content (AvgIpc) is 3.12. The number of anilines is 2. The third-order valence-electron chi connectivity index (χ3n) is 5.18. The second-order valence-corrected chi connectivity index (χ2v) is 10.0. The Balaban J connectivity index is 1.40. The molecule has 1 aliphatic heterocycles. The van der Waals surface area contributed by atoms with Gasteiger partial charge in [-0.25, -0.2) is 8.42 Å². The summed E-state index contributed by atoms with van der Waals surface area (Å²) in [4.78, 5) is 12.5. The fourth-order valence-corrected chi connectivity index (χ4v) is 4.65. The molecule has 9 nitrogen and oxygen atoms in total. The van der Waals surface area contributed by atoms with Crippen molar-refractivity contribution in [2.45, 2.75) is 17.5 Å². The normalized spacial score (nSPS) is 13.1. The van der Waals surface area contributed by atoms with E-state index in [1.165, 1.54) is 60.7 Å². The summed E-state index contributed by atoms with van der Waals surface area (Å²) in [6.07, 6.45) is -3.93. The van der Waals surface area contributed by atoms with Gasteiger partial charge in [0.05, 0.1) is 29.4 Å². The number of carbonyl (C=O) groups is 1. The molecule has 4 rings (SSSR count). The maximum absolute atomic E-state index is 13.2. The van der Waals surface area contributed by atoms with Crippen molar-refractivity contribution < 1.29 is 35.9 Å². The lowest BCUT2D eigenvalue weighted by Crippen LogP contribution is -2.44. The summed E-state index contributed by atoms with van der Waals surface area (Å²) in [5.74, 6) is 0.0452. The van der Waals surface area contributed by atoms with Crippen molar-refractivity contribution in [2.75, 3.05) is 23.3 Å². The quantitative estimate of drug-likeness (QED) is 0.267. The molecular formula is C24H21F3N4O5S2. The summed E-state index contributed by atoms with van der Waals surface area (Å²) >= 11 is 4.97. The first-order valence-electron chi connectivity index (χ1n) is 11.1. The van der Waals surface area contributed by atoms with Crippen LogP contribution in [0.5, 0.6) is 11.5 Å². The van der Waals surface area contributed by atoms with Crippen LogP contribution in [0.4, 0.5) is 24.5 Å². The van der Waals surface area contributed by atoms with E-state index in [1.807, 2.05) is 0 Å². The molecule has 0 aromatic heterocycles. The molecule has 14 heteroatoms. The van der Waals surface area contributed by atoms with E-state index < -0.39 is 27.7 Å². The third-order valence-corrected chi connectivity index (χ3v) is 6.76. The zero-order valence-electron chi connectivity index (χ0n) is 19.5. The van der Waals surface area contributed by atoms with Gasteiger partial charge in [-0.3, -0.25) is 20.4 Å². The first kappa shape index (κ1) is 27.0. The standard InChI is InChI=1S/C24H21F3N4O5S2/c25-24(26,27)18-7-1-2-8-19(18)28-23(37)30-29-22(32)15-5-3-6-16(13-15)31-38(33,34)17-9-10-20-21(14-17)36-12-4-11-35-20/h1-3,5-10,13-14,31H,4,11-12H2,(H,29,32)(H2,28,30,37). The molecule has 0 saturated heterocycles. The minimum absolute atomic E-state index is 0.0508. The lowest BCUT2D eigenvalue weighted by molar-refractivity contribution is -0.136. The Kier molecular flexibility index (Phi) is 7.92. The number of para-hydroxylation sites is 1. The summed E-state index contributed by atoms with van der Waals surface area (Å²) in [5, 5.41) is 2.09. The second kappa shape index (κ2) is 11.1. The number of benzene rings is 3. The van der Waals surface area contributed by atoms with Crippen LogP contribution in [0.3, 0.4) is 0 Å². The fraction of sp³-hybridized carbons (Fsp3) is 0.167. The van der Waals surface area contributed by atoms with Crippen LogP contribution in [0.2, 0.25) is 0 Å². The van der Waals surface area contributed by atoms with Crippen molar-refractivity contribution >= 4 is 44.6 Å². The zero-order chi connectivity index (χ0) is 27.3. The Bertz CT molecular complexity index is 1470. The summed E-state index contributed by atoms with van der Waals surface area (Å²) in [6, 6.07) is 14.6. The van der Waals surface area contributed by atoms with Crippen molar-refractivity contribution in [2.24, 2.45) is 0 Å². The van der Waals surface area contributed by atoms with Gasteiger partial charge in [0.15, 0.2) is 16.6 Å². The SMILES string of the molecule is O=C(NNC(=S)Nc1ccccc1C(F)(F)F)c1cccc(NS(=O)(=O)c2ccc3c(c2)OCCCO3)c1. The number of nitrogens with one attached hydrogen (secondary N) is 4. The molecule has 1 amide bonds. The molecule has 0 fully saturated rings. The van der Waals surface area contributed by atoms with E-state index in [9.17, 15) is 26.4 Å². The summed E-state index contributed by atoms with van der Waals surface area (Å²) in [6.45, 7) is 0.853. The van der Waals surface area contributed by atoms with Crippen LogP contribution in [-0.4, -0.2) is 32.7 Å². The Labute approximate surface area is 221 Å². The van der Waals surface area contributed by atoms with E-state index in [0.29, 0.717) is 31.1 Å². The number of carbonyl (C=O) groups excluding carboxylic acids is 1. The van der Waals surface area contributed by atoms with Crippen LogP contribution in [0.1, 0.15) is 22.3 Å². The van der Waals surface area contributed by atoms with Crippen molar-refractivity contribution in [1.29, 1.82) is 0 Å². The van der Waals surface area contributed by atoms with Gasteiger partial charge in [-0.2, -0.15) is 13.2 Å². The highest BCUT2D eigenvalue weighted by Gasteiger charge is 2.33. The number of amides is 1. The fourth-order valence-electron chi connectivity index (χ4n) is 3.43. The topological polar surface area (TPSA) is 118 Å². The van der Waals surface area contributed by atoms with Gasteiger partial charge in [-0.15, -0.1) is 0 Å². The predicted octanol–water partition coefficient (Wildman–Crippen LogP) is 4.30. The van der Waals surface area contributed by atoms with Gasteiger partial charge in [0, 0.05) is 23.7 Å². The summed E-state index contributed by atoms with van der Waals surface area (Å²) in [7, 11) is -4.03. The minimum Gasteiger partial charge on any atom is -0.490 e. The Hall–Kier alpha value is -4.04. The van der Waals surface area contributed by atoms with Gasteiger partial charge in [0.1, 0.15) is 0 Å². The largest absolute Gasteiger partial charge is 0.490 e. The number of rotatable bonds is 5. The number of alkyl halides is 3. The van der Waals surface area contributed by atoms with Crippen molar-refractivity contribution in [1.82, 2.24) is 10.9 Å². The zero-order valence-corrected chi connectivity index (χ0v) is 21.1. The van der Waals surface area contributed by atoms with Gasteiger partial charge in [0.2, 0.25) is 0 Å². The Morgan fingerprint density at radius 1 is 0.895 bits per heavy atom. The van der Waals surface area contributed by atoms with Crippen LogP contribution in [-0.2, 0) is 16.2 Å². The molecular weight excluding hydrogens is 545 g/mol. The molecule has 0 aliphatic carbocycles. The molecule has 38 heavy (non-hydrogen) atoms. The summed E-state index contributed by atoms with van der Waals surface area (Å²) in [5.41, 5.74) is 3.51. The first-order valence-corrected chi connectivity index (χ1v) is 13.0. The number of hydrazine groups is 1. The molecule has 200 valence electrons. The highest BCUT2D eigenvalue weighted by molar-refractivity contribution is 7.92. The first-order chi connectivity index (χ1) is 18.0. The van der Waals surface area contributed by atoms with E-state index >= 15 is 0 Å². The van der Waals surface area contributed by atoms with Gasteiger partial charge in [0.25, 0.3) is 15.9 Å². The van der Waals surface area contributed by atoms with Gasteiger partial charge >= 0.3 is 6.18 Å². The molecule has 4 N–H and O–H groups in total. The highest BCUT2D eigenvalue weighted by Crippen LogP contribution is 2.35. The van der Waals surface area contributed by atoms with Gasteiger partial charge in [-0.05, 0) is 54.7 Å². The molecule has 3 aromatic carbocycles. The average molecular weight is 567 g/mol. The molecule has 0 unspecified atom stereocenters. The van der Waals surface area contributed by atoms with E-state index in [2.05, 4.69) is 20.9 Å². The predicted molar refractivity (Wildman–Crippen MR) is 138 cm³/mol. The number of hydrogen-bond acceptors (Lipinski definition) is 6. The molecule has 3 aromatic rings. The van der Waals surface area contributed by atoms with Crippen LogP contribution in [0.15, 0.2) is 71.6 Å². The molecule has 1 aliphatic rings. The van der Waals surface area contributed by atoms with Crippen LogP contribution >= 0.6 is 12.2 Å². The highest BCUT2D eigenvalue weighted by atomic mass is 32.2. The van der Waals surface area contributed by atoms with Crippen LogP contribution < -0.4 is 30.4 Å². The van der Waals surface area contributed by atoms with Crippen molar-refractivity contribution in [3.8, 4) is 11.5 Å². The van der Waals surface area contributed by atoms with Gasteiger partial charge < -0.3 is 14.8 Å². The molecule has 0 spiro atoms. The number of fused-ring (bicyclic) bond motifs is 1. The van der Waals surface area contributed by atoms with E-state index in [1.54, 1.807) is 0 Å². The van der Waals surface area contributed by atoms with Gasteiger partial charge in [-0.1, -0.05) is 18.2 Å². The lowest BCUT2D eigenvalue weighted by atomic mass is 10.2. The van der Waals surface area contributed by atoms with Crippen molar-refractivity contribution in [3.05, 3.63) is 77.9 Å². The number of halogens is 3. The third kappa shape index (κ3) is 6.63. The molecule has 0 atom stereocenters. The number of hydrogen-bond donors (Lipinski definition) is 4. The maximum atomic E-state index is 13.2. The van der Waals surface area contributed by atoms with E-state index in [-0.39, 0.29) is 26.9 Å². The molecule has 0 saturated carbocycles. The minimum atomic E-state index is -4.60. The van der Waals surface area contributed by atoms with Crippen molar-refractivity contribution in [3.63, 3.8) is 0 Å². The Morgan fingerprint density at radius 3 is 2.39 bits per heavy atom. The maximum Gasteiger partial charge on any atom is 0.418 e. The molecule has 1 heterocycles. The molecule has 0 radical (unpaired) electrons. The lowest BCUT2D eigenvalue weighted by Gasteiger charge is -2.16. The van der Waals surface area contributed by atoms with Crippen LogP contribution in [0, 0.1) is 0 Å². The smallest absolute Gasteiger partial charge is 0.418 e. The molecule has 0 bridgehead atoms. The van der Waals surface area contributed by atoms with E-state index in [4.69, 9.17) is 21.7 Å².